The van der Waals surface area contributed by atoms with Crippen LogP contribution in [0.1, 0.15) is 41.6 Å². The molecule has 3 aromatic rings. The van der Waals surface area contributed by atoms with Crippen LogP contribution in [0.2, 0.25) is 5.02 Å². The van der Waals surface area contributed by atoms with E-state index in [1.54, 1.807) is 30.2 Å². The summed E-state index contributed by atoms with van der Waals surface area (Å²) in [6.07, 6.45) is 0. The number of halogens is 1. The second-order valence-electron chi connectivity index (χ2n) is 7.52. The lowest BCUT2D eigenvalue weighted by atomic mass is 9.98. The summed E-state index contributed by atoms with van der Waals surface area (Å²) in [4.78, 5) is 30.8. The molecule has 1 unspecified atom stereocenters. The van der Waals surface area contributed by atoms with E-state index in [4.69, 9.17) is 20.8 Å². The summed E-state index contributed by atoms with van der Waals surface area (Å²) in [5.74, 6) is 0.553. The second kappa shape index (κ2) is 8.73. The molecule has 0 aliphatic carbocycles. The summed E-state index contributed by atoms with van der Waals surface area (Å²) >= 11 is 6.12. The van der Waals surface area contributed by atoms with Crippen LogP contribution in [0.25, 0.3) is 11.0 Å². The zero-order valence-corrected chi connectivity index (χ0v) is 18.6. The van der Waals surface area contributed by atoms with Gasteiger partial charge in [0.15, 0.2) is 5.43 Å². The van der Waals surface area contributed by atoms with Gasteiger partial charge in [-0.25, -0.2) is 0 Å². The van der Waals surface area contributed by atoms with Crippen LogP contribution in [0, 0.1) is 0 Å². The molecule has 0 N–H and O–H groups in total. The molecule has 1 aromatic heterocycles. The number of benzene rings is 2. The van der Waals surface area contributed by atoms with Crippen LogP contribution in [0.4, 0.5) is 0 Å². The van der Waals surface area contributed by atoms with E-state index in [9.17, 15) is 9.59 Å². The molecule has 1 aliphatic heterocycles. The maximum Gasteiger partial charge on any atom is 0.290 e. The predicted molar refractivity (Wildman–Crippen MR) is 121 cm³/mol. The highest BCUT2D eigenvalue weighted by Gasteiger charge is 2.42. The van der Waals surface area contributed by atoms with Crippen molar-refractivity contribution in [3.05, 3.63) is 74.6 Å². The number of fused-ring (bicyclic) bond motifs is 2. The Labute approximate surface area is 186 Å². The molecule has 4 rings (SSSR count). The highest BCUT2D eigenvalue weighted by molar-refractivity contribution is 6.31. The minimum Gasteiger partial charge on any atom is -0.497 e. The molecular weight excluding hydrogens is 416 g/mol. The van der Waals surface area contributed by atoms with Gasteiger partial charge in [-0.15, -0.1) is 0 Å². The van der Waals surface area contributed by atoms with Crippen LogP contribution in [0.3, 0.4) is 0 Å². The summed E-state index contributed by atoms with van der Waals surface area (Å²) in [5.41, 5.74) is 1.34. The van der Waals surface area contributed by atoms with Crippen molar-refractivity contribution in [1.82, 2.24) is 9.80 Å². The van der Waals surface area contributed by atoms with E-state index < -0.39 is 6.04 Å². The number of ether oxygens (including phenoxy) is 1. The molecule has 2 aromatic carbocycles. The lowest BCUT2D eigenvalue weighted by Gasteiger charge is -2.28. The fourth-order valence-electron chi connectivity index (χ4n) is 4.14. The quantitative estimate of drug-likeness (QED) is 0.546. The SMILES string of the molecule is CCN(CC)CCN1C(=O)c2oc3ccc(Cl)cc3c(=O)c2C1c1ccc(OC)cc1. The maximum absolute atomic E-state index is 13.5. The average Bonchev–Trinajstić information content (AvgIpc) is 3.07. The van der Waals surface area contributed by atoms with Crippen LogP contribution in [0.5, 0.6) is 5.75 Å². The molecule has 1 aliphatic rings. The zero-order valence-electron chi connectivity index (χ0n) is 17.9. The van der Waals surface area contributed by atoms with Gasteiger partial charge in [0.2, 0.25) is 5.76 Å². The number of likely N-dealkylation sites (N-methyl/N-ethyl adjacent to an activating group) is 1. The van der Waals surface area contributed by atoms with Crippen molar-refractivity contribution < 1.29 is 13.9 Å². The molecule has 162 valence electrons. The first-order valence-electron chi connectivity index (χ1n) is 10.4. The Morgan fingerprint density at radius 1 is 1.10 bits per heavy atom. The first-order chi connectivity index (χ1) is 15.0. The van der Waals surface area contributed by atoms with Gasteiger partial charge in [0.05, 0.1) is 24.1 Å². The van der Waals surface area contributed by atoms with Crippen molar-refractivity contribution in [2.45, 2.75) is 19.9 Å². The van der Waals surface area contributed by atoms with Crippen LogP contribution in [-0.2, 0) is 0 Å². The fourth-order valence-corrected chi connectivity index (χ4v) is 4.32. The van der Waals surface area contributed by atoms with Crippen LogP contribution >= 0.6 is 11.6 Å². The third-order valence-corrected chi connectivity index (χ3v) is 6.15. The lowest BCUT2D eigenvalue weighted by Crippen LogP contribution is -2.37. The minimum absolute atomic E-state index is 0.111. The molecule has 1 amide bonds. The molecule has 0 fully saturated rings. The van der Waals surface area contributed by atoms with E-state index in [1.165, 1.54) is 0 Å². The lowest BCUT2D eigenvalue weighted by molar-refractivity contribution is 0.0708. The largest absolute Gasteiger partial charge is 0.497 e. The van der Waals surface area contributed by atoms with Gasteiger partial charge in [-0.3, -0.25) is 9.59 Å². The molecule has 0 bridgehead atoms. The van der Waals surface area contributed by atoms with E-state index in [1.807, 2.05) is 24.3 Å². The van der Waals surface area contributed by atoms with Crippen molar-refractivity contribution in [1.29, 1.82) is 0 Å². The average molecular weight is 441 g/mol. The molecule has 0 saturated carbocycles. The third kappa shape index (κ3) is 3.82. The van der Waals surface area contributed by atoms with Gasteiger partial charge in [0, 0.05) is 18.1 Å². The Morgan fingerprint density at radius 3 is 2.45 bits per heavy atom. The number of hydrogen-bond acceptors (Lipinski definition) is 5. The van der Waals surface area contributed by atoms with Gasteiger partial charge in [-0.2, -0.15) is 0 Å². The first kappa shape index (κ1) is 21.4. The highest BCUT2D eigenvalue weighted by Crippen LogP contribution is 2.38. The van der Waals surface area contributed by atoms with Gasteiger partial charge in [0.1, 0.15) is 11.3 Å². The molecule has 0 saturated heterocycles. The maximum atomic E-state index is 13.5. The number of nitrogens with zero attached hydrogens (tertiary/aromatic N) is 2. The van der Waals surface area contributed by atoms with Gasteiger partial charge in [-0.05, 0) is 49.0 Å². The Kier molecular flexibility index (Phi) is 6.03. The normalized spacial score (nSPS) is 15.7. The van der Waals surface area contributed by atoms with E-state index in [2.05, 4.69) is 18.7 Å². The van der Waals surface area contributed by atoms with Crippen molar-refractivity contribution in [3.63, 3.8) is 0 Å². The Hall–Kier alpha value is -2.83. The summed E-state index contributed by atoms with van der Waals surface area (Å²) in [7, 11) is 1.60. The Morgan fingerprint density at radius 2 is 1.81 bits per heavy atom. The van der Waals surface area contributed by atoms with Crippen LogP contribution in [-0.4, -0.2) is 49.0 Å². The first-order valence-corrected chi connectivity index (χ1v) is 10.8. The molecule has 6 nitrogen and oxygen atoms in total. The summed E-state index contributed by atoms with van der Waals surface area (Å²) < 4.78 is 11.2. The van der Waals surface area contributed by atoms with Crippen LogP contribution in [0.15, 0.2) is 51.7 Å². The molecule has 0 spiro atoms. The van der Waals surface area contributed by atoms with Crippen LogP contribution < -0.4 is 10.2 Å². The summed E-state index contributed by atoms with van der Waals surface area (Å²) in [6.45, 7) is 7.15. The van der Waals surface area contributed by atoms with E-state index in [-0.39, 0.29) is 17.1 Å². The molecule has 2 heterocycles. The fraction of sp³-hybridized carbons (Fsp3) is 0.333. The number of amides is 1. The third-order valence-electron chi connectivity index (χ3n) is 5.91. The number of rotatable bonds is 7. The smallest absolute Gasteiger partial charge is 0.290 e. The summed E-state index contributed by atoms with van der Waals surface area (Å²) in [6, 6.07) is 11.8. The number of carbonyl (C=O) groups excluding carboxylic acids is 1. The Bertz CT molecular complexity index is 1170. The van der Waals surface area contributed by atoms with E-state index >= 15 is 0 Å². The number of methoxy groups -OCH3 is 1. The molecule has 7 heteroatoms. The van der Waals surface area contributed by atoms with E-state index in [0.717, 1.165) is 18.7 Å². The van der Waals surface area contributed by atoms with Gasteiger partial charge in [0.25, 0.3) is 5.91 Å². The van der Waals surface area contributed by atoms with Crippen molar-refractivity contribution in [3.8, 4) is 5.75 Å². The predicted octanol–water partition coefficient (Wildman–Crippen LogP) is 4.34. The topological polar surface area (TPSA) is 63.0 Å². The minimum atomic E-state index is -0.524. The molecule has 31 heavy (non-hydrogen) atoms. The summed E-state index contributed by atoms with van der Waals surface area (Å²) in [5, 5.41) is 0.826. The molecule has 1 atom stereocenters. The second-order valence-corrected chi connectivity index (χ2v) is 7.95. The monoisotopic (exact) mass is 440 g/mol. The van der Waals surface area contributed by atoms with Gasteiger partial charge < -0.3 is 19.0 Å². The number of carbonyl (C=O) groups is 1. The standard InChI is InChI=1S/C24H25ClN2O4/c1-4-26(5-2)12-13-27-21(15-6-9-17(30-3)10-7-15)20-22(28)18-14-16(25)8-11-19(18)31-23(20)24(27)29/h6-11,14,21H,4-5,12-13H2,1-3H3. The molecular formula is C24H25ClN2O4. The van der Waals surface area contributed by atoms with Gasteiger partial charge in [-0.1, -0.05) is 37.6 Å². The van der Waals surface area contributed by atoms with Crippen molar-refractivity contribution in [2.24, 2.45) is 0 Å². The molecule has 0 radical (unpaired) electrons. The van der Waals surface area contributed by atoms with Crippen molar-refractivity contribution >= 4 is 28.5 Å². The Balaban J connectivity index is 1.86. The van der Waals surface area contributed by atoms with Crippen molar-refractivity contribution in [2.75, 3.05) is 33.3 Å². The highest BCUT2D eigenvalue weighted by atomic mass is 35.5. The van der Waals surface area contributed by atoms with Gasteiger partial charge >= 0.3 is 0 Å². The zero-order chi connectivity index (χ0) is 22.1. The van der Waals surface area contributed by atoms with E-state index in [0.29, 0.717) is 40.4 Å². The number of hydrogen-bond donors (Lipinski definition) is 0.